The first-order valence-corrected chi connectivity index (χ1v) is 16.2. The van der Waals surface area contributed by atoms with Crippen molar-refractivity contribution in [3.05, 3.63) is 47.5 Å². The molecule has 0 saturated heterocycles. The molecule has 1 N–H and O–H groups in total. The van der Waals surface area contributed by atoms with Gasteiger partial charge in [-0.2, -0.15) is 0 Å². The second-order valence-electron chi connectivity index (χ2n) is 9.05. The fraction of sp³-hybridized carbons (Fsp3) is 0.667. The molecule has 5 heteroatoms. The van der Waals surface area contributed by atoms with Gasteiger partial charge in [-0.15, -0.1) is 0 Å². The van der Waals surface area contributed by atoms with Crippen LogP contribution in [0.3, 0.4) is 0 Å². The predicted molar refractivity (Wildman–Crippen MR) is 186 cm³/mol. The molecule has 1 aliphatic rings. The third kappa shape index (κ3) is 20.2. The van der Waals surface area contributed by atoms with Crippen molar-refractivity contribution in [3.63, 3.8) is 0 Å². The van der Waals surface area contributed by atoms with Crippen molar-refractivity contribution in [2.24, 2.45) is 10.9 Å². The summed E-state index contributed by atoms with van der Waals surface area (Å²) in [4.78, 5) is 16.2. The molecule has 0 amide bonds. The highest BCUT2D eigenvalue weighted by Crippen LogP contribution is 2.30. The molecule has 0 bridgehead atoms. The van der Waals surface area contributed by atoms with Crippen LogP contribution in [-0.4, -0.2) is 33.4 Å². The van der Waals surface area contributed by atoms with Crippen LogP contribution in [0.4, 0.5) is 0 Å². The minimum Gasteiger partial charge on any atom is -0.491 e. The zero-order chi connectivity index (χ0) is 33.1. The van der Waals surface area contributed by atoms with Gasteiger partial charge in [0, 0.05) is 35.8 Å². The second-order valence-corrected chi connectivity index (χ2v) is 9.05. The number of hydrogen-bond acceptors (Lipinski definition) is 4. The second kappa shape index (κ2) is 29.1. The van der Waals surface area contributed by atoms with Gasteiger partial charge in [-0.05, 0) is 83.9 Å². The fourth-order valence-electron chi connectivity index (χ4n) is 3.95. The van der Waals surface area contributed by atoms with Crippen LogP contribution in [0.25, 0.3) is 11.8 Å². The van der Waals surface area contributed by atoms with Crippen molar-refractivity contribution in [2.45, 2.75) is 155 Å². The molecule has 1 aliphatic carbocycles. The average molecular weight is 577 g/mol. The topological polar surface area (TPSA) is 63.8 Å². The fourth-order valence-corrected chi connectivity index (χ4v) is 3.95. The SMILES string of the molecule is C=C(/C=C(\N=C(C)C)c1cn(CC(C)O)c(/C=C\C(C)=O)c1C)OC1CCC(C)CC1.CC.CC.CC.CC.CC. The minimum absolute atomic E-state index is 0.0208. The normalized spacial score (nSPS) is 16.3. The van der Waals surface area contributed by atoms with Crippen LogP contribution in [-0.2, 0) is 16.1 Å². The van der Waals surface area contributed by atoms with Gasteiger partial charge >= 0.3 is 0 Å². The van der Waals surface area contributed by atoms with Gasteiger partial charge in [0.05, 0.1) is 17.9 Å². The summed E-state index contributed by atoms with van der Waals surface area (Å²) in [5.41, 5.74) is 4.51. The van der Waals surface area contributed by atoms with Gasteiger partial charge in [0.2, 0.25) is 0 Å². The standard InChI is InChI=1S/C26H38N2O3.5C2H6/c1-17(2)27-25(14-21(6)31-23-11-8-18(3)9-12-23)24-16-28(15-20(5)30)26(22(24)7)13-10-19(4)29;5*1-2/h10,13-14,16,18,20,23,30H,6,8-9,11-12,15H2,1-5,7H3;5*1-2H3/b13-10-,25-14-;;;;;. The lowest BCUT2D eigenvalue weighted by atomic mass is 9.89. The summed E-state index contributed by atoms with van der Waals surface area (Å²) in [6.07, 6.45) is 11.4. The molecule has 1 saturated carbocycles. The molecule has 1 fully saturated rings. The van der Waals surface area contributed by atoms with Crippen molar-refractivity contribution in [1.29, 1.82) is 0 Å². The largest absolute Gasteiger partial charge is 0.491 e. The van der Waals surface area contributed by atoms with Crippen LogP contribution >= 0.6 is 0 Å². The van der Waals surface area contributed by atoms with Crippen LogP contribution in [0.5, 0.6) is 0 Å². The van der Waals surface area contributed by atoms with Crippen LogP contribution in [0, 0.1) is 12.8 Å². The molecule has 0 aromatic carbocycles. The third-order valence-corrected chi connectivity index (χ3v) is 5.52. The van der Waals surface area contributed by atoms with E-state index in [9.17, 15) is 9.90 Å². The maximum Gasteiger partial charge on any atom is 0.152 e. The first kappa shape index (κ1) is 45.6. The maximum atomic E-state index is 11.5. The Labute approximate surface area is 255 Å². The van der Waals surface area contributed by atoms with E-state index in [0.29, 0.717) is 12.3 Å². The van der Waals surface area contributed by atoms with E-state index < -0.39 is 6.10 Å². The lowest BCUT2D eigenvalue weighted by molar-refractivity contribution is -0.112. The highest BCUT2D eigenvalue weighted by molar-refractivity contribution is 5.92. The summed E-state index contributed by atoms with van der Waals surface area (Å²) < 4.78 is 8.12. The molecule has 1 atom stereocenters. The van der Waals surface area contributed by atoms with Gasteiger partial charge in [-0.3, -0.25) is 9.79 Å². The van der Waals surface area contributed by atoms with E-state index in [4.69, 9.17) is 9.73 Å². The molecule has 0 radical (unpaired) electrons. The van der Waals surface area contributed by atoms with Crippen LogP contribution < -0.4 is 0 Å². The Morgan fingerprint density at radius 2 is 1.51 bits per heavy atom. The smallest absolute Gasteiger partial charge is 0.152 e. The lowest BCUT2D eigenvalue weighted by Gasteiger charge is -2.27. The minimum atomic E-state index is -0.514. The van der Waals surface area contributed by atoms with Crippen molar-refractivity contribution in [1.82, 2.24) is 4.57 Å². The molecule has 1 aromatic rings. The van der Waals surface area contributed by atoms with Gasteiger partial charge < -0.3 is 14.4 Å². The Morgan fingerprint density at radius 1 is 1.02 bits per heavy atom. The monoisotopic (exact) mass is 577 g/mol. The summed E-state index contributed by atoms with van der Waals surface area (Å²) in [5.74, 6) is 1.36. The van der Waals surface area contributed by atoms with Crippen molar-refractivity contribution in [3.8, 4) is 0 Å². The molecule has 1 heterocycles. The summed E-state index contributed by atoms with van der Waals surface area (Å²) in [6.45, 7) is 36.1. The quantitative estimate of drug-likeness (QED) is 0.138. The summed E-state index contributed by atoms with van der Waals surface area (Å²) >= 11 is 0. The first-order valence-electron chi connectivity index (χ1n) is 16.2. The molecule has 2 rings (SSSR count). The number of aliphatic imine (C=N–C) groups is 1. The Kier molecular flexibility index (Phi) is 32.4. The van der Waals surface area contributed by atoms with Gasteiger partial charge in [0.1, 0.15) is 5.76 Å². The van der Waals surface area contributed by atoms with Crippen molar-refractivity contribution < 1.29 is 14.6 Å². The number of aromatic nitrogens is 1. The molecule has 0 spiro atoms. The predicted octanol–water partition coefficient (Wildman–Crippen LogP) is 10.8. The molecule has 1 unspecified atom stereocenters. The van der Waals surface area contributed by atoms with Gasteiger partial charge in [-0.25, -0.2) is 0 Å². The lowest BCUT2D eigenvalue weighted by Crippen LogP contribution is -2.19. The zero-order valence-corrected chi connectivity index (χ0v) is 29.9. The van der Waals surface area contributed by atoms with E-state index in [0.717, 1.165) is 47.0 Å². The number of ketones is 1. The third-order valence-electron chi connectivity index (χ3n) is 5.52. The van der Waals surface area contributed by atoms with E-state index in [1.54, 1.807) is 19.1 Å². The Balaban J connectivity index is -0.000000616. The Bertz CT molecular complexity index is 877. The number of aliphatic hydroxyl groups excluding tert-OH is 1. The number of allylic oxidation sites excluding steroid dienone is 2. The van der Waals surface area contributed by atoms with E-state index in [1.165, 1.54) is 19.8 Å². The number of nitrogens with zero attached hydrogens (tertiary/aromatic N) is 2. The van der Waals surface area contributed by atoms with E-state index in [1.807, 2.05) is 107 Å². The summed E-state index contributed by atoms with van der Waals surface area (Å²) in [7, 11) is 0. The molecular weight excluding hydrogens is 508 g/mol. The van der Waals surface area contributed by atoms with Gasteiger partial charge in [0.25, 0.3) is 0 Å². The molecule has 240 valence electrons. The summed E-state index contributed by atoms with van der Waals surface area (Å²) in [6, 6.07) is 0. The number of carbonyl (C=O) groups excluding carboxylic acids is 1. The van der Waals surface area contributed by atoms with Crippen molar-refractivity contribution >= 4 is 23.3 Å². The number of carbonyl (C=O) groups is 1. The van der Waals surface area contributed by atoms with Crippen LogP contribution in [0.1, 0.15) is 146 Å². The zero-order valence-electron chi connectivity index (χ0n) is 29.9. The Hall–Kier alpha value is -2.40. The van der Waals surface area contributed by atoms with E-state index in [2.05, 4.69) is 13.5 Å². The number of rotatable bonds is 9. The molecule has 5 nitrogen and oxygen atoms in total. The van der Waals surface area contributed by atoms with Crippen LogP contribution in [0.15, 0.2) is 35.7 Å². The number of hydrogen-bond donors (Lipinski definition) is 1. The van der Waals surface area contributed by atoms with Crippen molar-refractivity contribution in [2.75, 3.05) is 0 Å². The number of ether oxygens (including phenoxy) is 1. The highest BCUT2D eigenvalue weighted by atomic mass is 16.5. The van der Waals surface area contributed by atoms with Gasteiger partial charge in [-0.1, -0.05) is 82.7 Å². The number of aliphatic hydroxyl groups is 1. The summed E-state index contributed by atoms with van der Waals surface area (Å²) in [5, 5.41) is 9.95. The van der Waals surface area contributed by atoms with E-state index in [-0.39, 0.29) is 11.9 Å². The first-order chi connectivity index (χ1) is 19.6. The van der Waals surface area contributed by atoms with Crippen LogP contribution in [0.2, 0.25) is 0 Å². The highest BCUT2D eigenvalue weighted by Gasteiger charge is 2.20. The molecule has 41 heavy (non-hydrogen) atoms. The van der Waals surface area contributed by atoms with E-state index >= 15 is 0 Å². The molecule has 1 aromatic heterocycles. The molecule has 0 aliphatic heterocycles. The van der Waals surface area contributed by atoms with Gasteiger partial charge in [0.15, 0.2) is 5.78 Å². The maximum absolute atomic E-state index is 11.5. The Morgan fingerprint density at radius 3 is 1.93 bits per heavy atom. The molecular formula is C36H68N2O3. The average Bonchev–Trinajstić information content (AvgIpc) is 3.27.